The molecule has 0 amide bonds. The molecule has 21 heavy (non-hydrogen) atoms. The number of nitrogens with two attached hydrogens (primary N) is 1. The zero-order chi connectivity index (χ0) is 14.7. The molecule has 0 saturated heterocycles. The Morgan fingerprint density at radius 3 is 2.86 bits per heavy atom. The molecule has 1 heterocycles. The molecule has 3 rings (SSSR count). The maximum absolute atomic E-state index is 6.70. The average Bonchev–Trinajstić information content (AvgIpc) is 2.53. The van der Waals surface area contributed by atoms with E-state index in [0.29, 0.717) is 6.61 Å². The van der Waals surface area contributed by atoms with Crippen molar-refractivity contribution in [3.05, 3.63) is 59.4 Å². The second kappa shape index (κ2) is 5.86. The van der Waals surface area contributed by atoms with E-state index < -0.39 is 0 Å². The Morgan fingerprint density at radius 1 is 1.24 bits per heavy atom. The van der Waals surface area contributed by atoms with Crippen LogP contribution in [-0.4, -0.2) is 11.6 Å². The van der Waals surface area contributed by atoms with Crippen molar-refractivity contribution in [3.8, 4) is 5.75 Å². The van der Waals surface area contributed by atoms with Gasteiger partial charge in [-0.05, 0) is 48.4 Å². The molecule has 3 heteroatoms. The third kappa shape index (κ3) is 2.93. The van der Waals surface area contributed by atoms with Crippen molar-refractivity contribution >= 4 is 0 Å². The largest absolute Gasteiger partial charge is 0.492 e. The second-order valence-corrected chi connectivity index (χ2v) is 5.86. The van der Waals surface area contributed by atoms with E-state index in [9.17, 15) is 0 Å². The van der Waals surface area contributed by atoms with E-state index in [4.69, 9.17) is 10.5 Å². The van der Waals surface area contributed by atoms with Gasteiger partial charge in [0.05, 0.1) is 12.8 Å². The van der Waals surface area contributed by atoms with Gasteiger partial charge in [0.2, 0.25) is 0 Å². The highest BCUT2D eigenvalue weighted by Crippen LogP contribution is 2.35. The molecule has 1 aromatic heterocycles. The second-order valence-electron chi connectivity index (χ2n) is 5.86. The summed E-state index contributed by atoms with van der Waals surface area (Å²) in [5, 5.41) is 0. The first-order chi connectivity index (χ1) is 10.2. The first kappa shape index (κ1) is 14.1. The van der Waals surface area contributed by atoms with Crippen molar-refractivity contribution in [2.24, 2.45) is 5.73 Å². The zero-order valence-electron chi connectivity index (χ0n) is 12.5. The molecule has 1 aliphatic rings. The van der Waals surface area contributed by atoms with Crippen LogP contribution in [0.25, 0.3) is 0 Å². The predicted octanol–water partition coefficient (Wildman–Crippen LogP) is 3.21. The van der Waals surface area contributed by atoms with Crippen LogP contribution in [0.4, 0.5) is 0 Å². The van der Waals surface area contributed by atoms with Crippen LogP contribution in [0.2, 0.25) is 0 Å². The van der Waals surface area contributed by atoms with E-state index >= 15 is 0 Å². The van der Waals surface area contributed by atoms with Gasteiger partial charge in [0, 0.05) is 11.7 Å². The van der Waals surface area contributed by atoms with Gasteiger partial charge in [0.25, 0.3) is 0 Å². The lowest BCUT2D eigenvalue weighted by atomic mass is 9.75. The van der Waals surface area contributed by atoms with E-state index in [1.807, 2.05) is 6.20 Å². The summed E-state index contributed by atoms with van der Waals surface area (Å²) in [6.07, 6.45) is 7.47. The smallest absolute Gasteiger partial charge is 0.137 e. The Balaban J connectivity index is 1.86. The maximum atomic E-state index is 6.70. The van der Waals surface area contributed by atoms with Crippen molar-refractivity contribution in [1.29, 1.82) is 0 Å². The maximum Gasteiger partial charge on any atom is 0.137 e. The number of pyridine rings is 1. The van der Waals surface area contributed by atoms with Gasteiger partial charge in [-0.1, -0.05) is 31.2 Å². The van der Waals surface area contributed by atoms with Gasteiger partial charge in [0.15, 0.2) is 0 Å². The molecule has 1 aromatic carbocycles. The highest BCUT2D eigenvalue weighted by molar-refractivity contribution is 5.37. The van der Waals surface area contributed by atoms with Gasteiger partial charge in [-0.25, -0.2) is 0 Å². The summed E-state index contributed by atoms with van der Waals surface area (Å²) < 4.78 is 5.68. The first-order valence-electron chi connectivity index (χ1n) is 7.65. The van der Waals surface area contributed by atoms with E-state index in [0.717, 1.165) is 37.0 Å². The van der Waals surface area contributed by atoms with E-state index in [2.05, 4.69) is 42.2 Å². The number of fused-ring (bicyclic) bond motifs is 1. The number of aryl methyl sites for hydroxylation is 1. The molecule has 0 radical (unpaired) electrons. The summed E-state index contributed by atoms with van der Waals surface area (Å²) in [5.41, 5.74) is 10.2. The van der Waals surface area contributed by atoms with Crippen molar-refractivity contribution in [1.82, 2.24) is 4.98 Å². The number of rotatable bonds is 4. The van der Waals surface area contributed by atoms with Crippen LogP contribution in [0, 0.1) is 0 Å². The fraction of sp³-hybridized carbons (Fsp3) is 0.389. The Morgan fingerprint density at radius 2 is 2.05 bits per heavy atom. The van der Waals surface area contributed by atoms with Gasteiger partial charge in [-0.15, -0.1) is 0 Å². The summed E-state index contributed by atoms with van der Waals surface area (Å²) in [5.74, 6) is 0.818. The van der Waals surface area contributed by atoms with E-state index in [-0.39, 0.29) is 5.54 Å². The summed E-state index contributed by atoms with van der Waals surface area (Å²) >= 11 is 0. The number of ether oxygens (including phenoxy) is 1. The molecule has 1 aliphatic carbocycles. The monoisotopic (exact) mass is 282 g/mol. The minimum Gasteiger partial charge on any atom is -0.492 e. The Kier molecular flexibility index (Phi) is 3.93. The number of hydrogen-bond acceptors (Lipinski definition) is 3. The predicted molar refractivity (Wildman–Crippen MR) is 84.4 cm³/mol. The summed E-state index contributed by atoms with van der Waals surface area (Å²) in [4.78, 5) is 4.31. The van der Waals surface area contributed by atoms with Crippen molar-refractivity contribution < 1.29 is 4.74 Å². The lowest BCUT2D eigenvalue weighted by Crippen LogP contribution is -2.42. The molecule has 0 fully saturated rings. The van der Waals surface area contributed by atoms with Crippen molar-refractivity contribution in [3.63, 3.8) is 0 Å². The molecular weight excluding hydrogens is 260 g/mol. The molecule has 1 atom stereocenters. The van der Waals surface area contributed by atoms with Gasteiger partial charge in [0.1, 0.15) is 5.75 Å². The van der Waals surface area contributed by atoms with Gasteiger partial charge in [-0.3, -0.25) is 4.98 Å². The fourth-order valence-electron chi connectivity index (χ4n) is 3.00. The quantitative estimate of drug-likeness (QED) is 0.936. The molecule has 2 N–H and O–H groups in total. The molecule has 2 aromatic rings. The topological polar surface area (TPSA) is 48.1 Å². The Labute approximate surface area is 126 Å². The van der Waals surface area contributed by atoms with Crippen LogP contribution in [0.3, 0.4) is 0 Å². The molecule has 1 unspecified atom stereocenters. The lowest BCUT2D eigenvalue weighted by Gasteiger charge is -2.35. The minimum atomic E-state index is -0.340. The summed E-state index contributed by atoms with van der Waals surface area (Å²) in [6.45, 7) is 2.81. The standard InChI is InChI=1S/C18H22N2O/c1-2-9-21-17-10-16(12-20-13-17)18(19)8-7-14-5-3-4-6-15(14)11-18/h3-6,10,12-13H,2,7-9,11,19H2,1H3. The van der Waals surface area contributed by atoms with Gasteiger partial charge < -0.3 is 10.5 Å². The van der Waals surface area contributed by atoms with Crippen LogP contribution < -0.4 is 10.5 Å². The Hall–Kier alpha value is -1.87. The SMILES string of the molecule is CCCOc1cncc(C2(N)CCc3ccccc3C2)c1. The molecule has 0 saturated carbocycles. The Bertz CT molecular complexity index is 626. The van der Waals surface area contributed by atoms with Crippen LogP contribution in [0.5, 0.6) is 5.75 Å². The van der Waals surface area contributed by atoms with Gasteiger partial charge in [-0.2, -0.15) is 0 Å². The third-order valence-electron chi connectivity index (χ3n) is 4.23. The molecule has 3 nitrogen and oxygen atoms in total. The van der Waals surface area contributed by atoms with Crippen LogP contribution in [0.15, 0.2) is 42.7 Å². The number of aromatic nitrogens is 1. The van der Waals surface area contributed by atoms with Gasteiger partial charge >= 0.3 is 0 Å². The van der Waals surface area contributed by atoms with E-state index in [1.54, 1.807) is 6.20 Å². The number of hydrogen-bond donors (Lipinski definition) is 1. The minimum absolute atomic E-state index is 0.340. The number of nitrogens with zero attached hydrogens (tertiary/aromatic N) is 1. The highest BCUT2D eigenvalue weighted by Gasteiger charge is 2.32. The third-order valence-corrected chi connectivity index (χ3v) is 4.23. The van der Waals surface area contributed by atoms with Crippen molar-refractivity contribution in [2.75, 3.05) is 6.61 Å². The molecule has 0 spiro atoms. The molecule has 0 aliphatic heterocycles. The highest BCUT2D eigenvalue weighted by atomic mass is 16.5. The van der Waals surface area contributed by atoms with Crippen LogP contribution in [0.1, 0.15) is 36.5 Å². The molecule has 110 valence electrons. The molecule has 0 bridgehead atoms. The number of benzene rings is 1. The molecular formula is C18H22N2O. The first-order valence-corrected chi connectivity index (χ1v) is 7.65. The van der Waals surface area contributed by atoms with E-state index in [1.165, 1.54) is 11.1 Å². The summed E-state index contributed by atoms with van der Waals surface area (Å²) in [6, 6.07) is 10.6. The fourth-order valence-corrected chi connectivity index (χ4v) is 3.00. The normalized spacial score (nSPS) is 20.9. The van der Waals surface area contributed by atoms with Crippen LogP contribution in [-0.2, 0) is 18.4 Å². The lowest BCUT2D eigenvalue weighted by molar-refractivity contribution is 0.313. The zero-order valence-corrected chi connectivity index (χ0v) is 12.5. The van der Waals surface area contributed by atoms with Crippen molar-refractivity contribution in [2.45, 2.75) is 38.1 Å². The average molecular weight is 282 g/mol. The van der Waals surface area contributed by atoms with Crippen LogP contribution >= 0.6 is 0 Å². The summed E-state index contributed by atoms with van der Waals surface area (Å²) in [7, 11) is 0.